The highest BCUT2D eigenvalue weighted by molar-refractivity contribution is 5.79. The van der Waals surface area contributed by atoms with Crippen molar-refractivity contribution in [2.75, 3.05) is 33.5 Å². The topological polar surface area (TPSA) is 96.9 Å². The number of carboxylic acids is 1. The molecule has 0 aromatic heterocycles. The number of ether oxygens (including phenoxy) is 2. The van der Waals surface area contributed by atoms with Gasteiger partial charge in [-0.15, -0.1) is 0 Å². The number of nitrogens with one attached hydrogen (secondary N) is 2. The molecule has 3 atom stereocenters. The first kappa shape index (κ1) is 15.7. The number of amides is 2. The van der Waals surface area contributed by atoms with Crippen LogP contribution < -0.4 is 10.6 Å². The van der Waals surface area contributed by atoms with Crippen LogP contribution >= 0.6 is 0 Å². The highest BCUT2D eigenvalue weighted by atomic mass is 16.5. The molecule has 3 N–H and O–H groups in total. The molecular weight excluding hydrogens is 252 g/mol. The highest BCUT2D eigenvalue weighted by Gasteiger charge is 2.47. The third kappa shape index (κ3) is 4.07. The Labute approximate surface area is 112 Å². The number of carbonyl (C=O) groups is 2. The number of methoxy groups -OCH3 is 1. The molecule has 1 aliphatic rings. The van der Waals surface area contributed by atoms with Crippen LogP contribution in [-0.4, -0.2) is 56.6 Å². The van der Waals surface area contributed by atoms with E-state index in [1.807, 2.05) is 6.92 Å². The second-order valence-electron chi connectivity index (χ2n) is 5.21. The molecule has 7 heteroatoms. The molecule has 0 radical (unpaired) electrons. The van der Waals surface area contributed by atoms with Gasteiger partial charge < -0.3 is 25.2 Å². The van der Waals surface area contributed by atoms with Crippen molar-refractivity contribution in [3.63, 3.8) is 0 Å². The van der Waals surface area contributed by atoms with Crippen molar-refractivity contribution in [2.24, 2.45) is 11.3 Å². The van der Waals surface area contributed by atoms with E-state index < -0.39 is 17.4 Å². The molecule has 0 saturated carbocycles. The maximum Gasteiger partial charge on any atom is 0.315 e. The number of carboxylic acid groups (broad SMARTS) is 1. The summed E-state index contributed by atoms with van der Waals surface area (Å²) in [6.45, 7) is 4.86. The molecule has 3 unspecified atom stereocenters. The van der Waals surface area contributed by atoms with Crippen molar-refractivity contribution in [3.05, 3.63) is 0 Å². The van der Waals surface area contributed by atoms with E-state index in [2.05, 4.69) is 10.6 Å². The van der Waals surface area contributed by atoms with Crippen LogP contribution in [0.3, 0.4) is 0 Å². The van der Waals surface area contributed by atoms with Gasteiger partial charge in [0, 0.05) is 13.7 Å². The van der Waals surface area contributed by atoms with E-state index in [-0.39, 0.29) is 25.2 Å². The Kier molecular flexibility index (Phi) is 5.56. The van der Waals surface area contributed by atoms with E-state index in [9.17, 15) is 14.7 Å². The van der Waals surface area contributed by atoms with Crippen molar-refractivity contribution < 1.29 is 24.2 Å². The van der Waals surface area contributed by atoms with Crippen molar-refractivity contribution in [1.82, 2.24) is 10.6 Å². The van der Waals surface area contributed by atoms with E-state index in [4.69, 9.17) is 9.47 Å². The van der Waals surface area contributed by atoms with Crippen LogP contribution in [0, 0.1) is 11.3 Å². The lowest BCUT2D eigenvalue weighted by molar-refractivity contribution is -0.148. The van der Waals surface area contributed by atoms with Gasteiger partial charge in [-0.3, -0.25) is 4.79 Å². The van der Waals surface area contributed by atoms with Gasteiger partial charge in [-0.1, -0.05) is 6.92 Å². The summed E-state index contributed by atoms with van der Waals surface area (Å²) in [4.78, 5) is 22.9. The summed E-state index contributed by atoms with van der Waals surface area (Å²) in [7, 11) is 1.60. The van der Waals surface area contributed by atoms with Gasteiger partial charge in [0.1, 0.15) is 5.41 Å². The van der Waals surface area contributed by atoms with Crippen LogP contribution in [0.15, 0.2) is 0 Å². The molecule has 0 spiro atoms. The van der Waals surface area contributed by atoms with Crippen LogP contribution in [0.5, 0.6) is 0 Å². The zero-order valence-electron chi connectivity index (χ0n) is 11.6. The summed E-state index contributed by atoms with van der Waals surface area (Å²) in [5.74, 6) is -0.774. The molecule has 0 bridgehead atoms. The Morgan fingerprint density at radius 1 is 1.58 bits per heavy atom. The summed E-state index contributed by atoms with van der Waals surface area (Å²) in [6, 6.07) is -0.909. The lowest BCUT2D eigenvalue weighted by atomic mass is 9.85. The summed E-state index contributed by atoms with van der Waals surface area (Å²) >= 11 is 0. The van der Waals surface area contributed by atoms with Gasteiger partial charge in [0.15, 0.2) is 0 Å². The lowest BCUT2D eigenvalue weighted by Gasteiger charge is -2.25. The lowest BCUT2D eigenvalue weighted by Crippen LogP contribution is -2.52. The van der Waals surface area contributed by atoms with E-state index in [1.54, 1.807) is 14.0 Å². The average molecular weight is 274 g/mol. The molecule has 2 amide bonds. The quantitative estimate of drug-likeness (QED) is 0.636. The fourth-order valence-corrected chi connectivity index (χ4v) is 1.90. The standard InChI is InChI=1S/C12H22N2O5/c1-8(5-18-3)4-13-11(17)14-9-6-19-7-12(9,2)10(15)16/h8-9H,4-7H2,1-3H3,(H,15,16)(H2,13,14,17). The van der Waals surface area contributed by atoms with Crippen LogP contribution in [0.4, 0.5) is 4.79 Å². The predicted molar refractivity (Wildman–Crippen MR) is 67.9 cm³/mol. The number of urea groups is 1. The second-order valence-corrected chi connectivity index (χ2v) is 5.21. The summed E-state index contributed by atoms with van der Waals surface area (Å²) in [5, 5.41) is 14.5. The minimum atomic E-state index is -1.07. The first-order valence-electron chi connectivity index (χ1n) is 6.24. The molecular formula is C12H22N2O5. The van der Waals surface area contributed by atoms with Gasteiger partial charge >= 0.3 is 12.0 Å². The van der Waals surface area contributed by atoms with Gasteiger partial charge in [-0.05, 0) is 12.8 Å². The van der Waals surface area contributed by atoms with Gasteiger partial charge in [0.05, 0.1) is 25.9 Å². The summed E-state index contributed by atoms with van der Waals surface area (Å²) in [6.07, 6.45) is 0. The largest absolute Gasteiger partial charge is 0.481 e. The molecule has 0 aliphatic carbocycles. The Morgan fingerprint density at radius 3 is 2.84 bits per heavy atom. The number of hydrogen-bond donors (Lipinski definition) is 3. The van der Waals surface area contributed by atoms with Crippen molar-refractivity contribution in [2.45, 2.75) is 19.9 Å². The number of hydrogen-bond acceptors (Lipinski definition) is 4. The summed E-state index contributed by atoms with van der Waals surface area (Å²) in [5.41, 5.74) is -1.07. The Morgan fingerprint density at radius 2 is 2.26 bits per heavy atom. The van der Waals surface area contributed by atoms with Gasteiger partial charge in [0.2, 0.25) is 0 Å². The van der Waals surface area contributed by atoms with Crippen LogP contribution in [0.25, 0.3) is 0 Å². The Bertz CT molecular complexity index is 336. The molecule has 7 nitrogen and oxygen atoms in total. The van der Waals surface area contributed by atoms with E-state index in [1.165, 1.54) is 0 Å². The van der Waals surface area contributed by atoms with Crippen LogP contribution in [-0.2, 0) is 14.3 Å². The molecule has 1 heterocycles. The van der Waals surface area contributed by atoms with Crippen LogP contribution in [0.1, 0.15) is 13.8 Å². The predicted octanol–water partition coefficient (Wildman–Crippen LogP) is 0.0578. The summed E-state index contributed by atoms with van der Waals surface area (Å²) < 4.78 is 10.1. The van der Waals surface area contributed by atoms with Gasteiger partial charge in [-0.2, -0.15) is 0 Å². The normalized spacial score (nSPS) is 27.8. The molecule has 1 fully saturated rings. The van der Waals surface area contributed by atoms with Crippen molar-refractivity contribution in [1.29, 1.82) is 0 Å². The fraction of sp³-hybridized carbons (Fsp3) is 0.833. The van der Waals surface area contributed by atoms with E-state index in [0.717, 1.165) is 0 Å². The zero-order chi connectivity index (χ0) is 14.5. The van der Waals surface area contributed by atoms with Crippen molar-refractivity contribution in [3.8, 4) is 0 Å². The molecule has 1 rings (SSSR count). The SMILES string of the molecule is COCC(C)CNC(=O)NC1COCC1(C)C(=O)O. The molecule has 110 valence electrons. The Balaban J connectivity index is 2.42. The zero-order valence-corrected chi connectivity index (χ0v) is 11.6. The molecule has 1 aliphatic heterocycles. The van der Waals surface area contributed by atoms with Crippen molar-refractivity contribution >= 4 is 12.0 Å². The molecule has 0 aromatic rings. The first-order valence-corrected chi connectivity index (χ1v) is 6.24. The monoisotopic (exact) mass is 274 g/mol. The molecule has 0 aromatic carbocycles. The third-order valence-corrected chi connectivity index (χ3v) is 3.31. The van der Waals surface area contributed by atoms with Crippen LogP contribution in [0.2, 0.25) is 0 Å². The second kappa shape index (κ2) is 6.72. The van der Waals surface area contributed by atoms with Gasteiger partial charge in [-0.25, -0.2) is 4.79 Å². The maximum atomic E-state index is 11.7. The van der Waals surface area contributed by atoms with E-state index >= 15 is 0 Å². The minimum Gasteiger partial charge on any atom is -0.481 e. The number of aliphatic carboxylic acids is 1. The average Bonchev–Trinajstić information content (AvgIpc) is 2.70. The number of carbonyl (C=O) groups excluding carboxylic acids is 1. The maximum absolute atomic E-state index is 11.7. The molecule has 1 saturated heterocycles. The van der Waals surface area contributed by atoms with E-state index in [0.29, 0.717) is 13.2 Å². The minimum absolute atomic E-state index is 0.105. The smallest absolute Gasteiger partial charge is 0.315 e. The number of rotatable bonds is 6. The molecule has 19 heavy (non-hydrogen) atoms. The fourth-order valence-electron chi connectivity index (χ4n) is 1.90. The van der Waals surface area contributed by atoms with Gasteiger partial charge in [0.25, 0.3) is 0 Å². The Hall–Kier alpha value is -1.34. The highest BCUT2D eigenvalue weighted by Crippen LogP contribution is 2.28. The first-order chi connectivity index (χ1) is 8.90. The third-order valence-electron chi connectivity index (χ3n) is 3.31.